The lowest BCUT2D eigenvalue weighted by Gasteiger charge is -2.29. The highest BCUT2D eigenvalue weighted by molar-refractivity contribution is 5.98. The molecule has 1 aromatic heterocycles. The van der Waals surface area contributed by atoms with Crippen molar-refractivity contribution in [3.63, 3.8) is 0 Å². The molecule has 166 valence electrons. The summed E-state index contributed by atoms with van der Waals surface area (Å²) in [6, 6.07) is 8.07. The number of carbonyl (C=O) groups is 1. The first kappa shape index (κ1) is 20.8. The third kappa shape index (κ3) is 3.60. The van der Waals surface area contributed by atoms with Crippen molar-refractivity contribution in [1.29, 1.82) is 0 Å². The van der Waals surface area contributed by atoms with E-state index in [4.69, 9.17) is 5.73 Å². The van der Waals surface area contributed by atoms with Gasteiger partial charge in [0.25, 0.3) is 0 Å². The number of nitrogens with one attached hydrogen (secondary N) is 1. The molecule has 0 bridgehead atoms. The van der Waals surface area contributed by atoms with Crippen LogP contribution in [-0.4, -0.2) is 28.5 Å². The van der Waals surface area contributed by atoms with Crippen LogP contribution in [0.3, 0.4) is 0 Å². The summed E-state index contributed by atoms with van der Waals surface area (Å²) in [4.78, 5) is 16.5. The third-order valence-electron chi connectivity index (χ3n) is 6.89. The fraction of sp³-hybridized carbons (Fsp3) is 0.360. The Kier molecular flexibility index (Phi) is 5.08. The average molecular weight is 437 g/mol. The van der Waals surface area contributed by atoms with E-state index < -0.39 is 22.8 Å². The highest BCUT2D eigenvalue weighted by Gasteiger charge is 2.46. The minimum absolute atomic E-state index is 0.220. The number of aromatic hydroxyl groups is 1. The van der Waals surface area contributed by atoms with Gasteiger partial charge >= 0.3 is 0 Å². The van der Waals surface area contributed by atoms with E-state index in [0.29, 0.717) is 11.1 Å². The smallest absolute Gasteiger partial charge is 0.187 e. The first-order chi connectivity index (χ1) is 15.4. The number of aromatic nitrogens is 1. The van der Waals surface area contributed by atoms with E-state index in [-0.39, 0.29) is 12.1 Å². The standard InChI is InChI=1S/C25H25F2N3O2/c26-20-10-15(11-21(27)24(20)32)14-1-6-22-18(9-14)23(30-17-4-2-16(28)3-5-17)19(12-29-22)25(13-31)7-8-25/h1,6,9-13,16-17,32H,2-5,7-8,28H2,(H,29,30). The Morgan fingerprint density at radius 2 is 1.75 bits per heavy atom. The second kappa shape index (κ2) is 7.81. The van der Waals surface area contributed by atoms with Crippen LogP contribution in [0, 0.1) is 11.6 Å². The number of phenols is 1. The Balaban J connectivity index is 1.64. The van der Waals surface area contributed by atoms with Crippen molar-refractivity contribution in [3.8, 4) is 16.9 Å². The molecule has 2 fully saturated rings. The summed E-state index contributed by atoms with van der Waals surface area (Å²) >= 11 is 0. The normalized spacial score (nSPS) is 22.0. The number of rotatable bonds is 5. The summed E-state index contributed by atoms with van der Waals surface area (Å²) in [6.07, 6.45) is 8.09. The van der Waals surface area contributed by atoms with Gasteiger partial charge in [0.05, 0.1) is 10.9 Å². The molecule has 0 amide bonds. The average Bonchev–Trinajstić information content (AvgIpc) is 3.59. The lowest BCUT2D eigenvalue weighted by Crippen LogP contribution is -2.33. The second-order valence-corrected chi connectivity index (χ2v) is 9.10. The van der Waals surface area contributed by atoms with Crippen molar-refractivity contribution in [2.45, 2.75) is 56.0 Å². The zero-order valence-electron chi connectivity index (χ0n) is 17.6. The number of phenolic OH excluding ortho intramolecular Hbond substituents is 1. The molecule has 5 nitrogen and oxygen atoms in total. The Hall–Kier alpha value is -3.06. The summed E-state index contributed by atoms with van der Waals surface area (Å²) in [6.45, 7) is 0. The minimum atomic E-state index is -1.01. The predicted molar refractivity (Wildman–Crippen MR) is 120 cm³/mol. The van der Waals surface area contributed by atoms with Crippen LogP contribution in [0.15, 0.2) is 36.5 Å². The number of benzene rings is 2. The molecule has 0 unspecified atom stereocenters. The first-order valence-electron chi connectivity index (χ1n) is 11.0. The third-order valence-corrected chi connectivity index (χ3v) is 6.89. The van der Waals surface area contributed by atoms with Crippen LogP contribution >= 0.6 is 0 Å². The number of anilines is 1. The largest absolute Gasteiger partial charge is 0.503 e. The molecular weight excluding hydrogens is 412 g/mol. The van der Waals surface area contributed by atoms with Gasteiger partial charge in [0, 0.05) is 34.9 Å². The molecular formula is C25H25F2N3O2. The summed E-state index contributed by atoms with van der Waals surface area (Å²) in [5.41, 5.74) is 8.92. The molecule has 0 saturated heterocycles. The Labute approximate surface area is 184 Å². The maximum absolute atomic E-state index is 14.0. The molecule has 4 N–H and O–H groups in total. The van der Waals surface area contributed by atoms with E-state index in [9.17, 15) is 18.7 Å². The molecule has 0 radical (unpaired) electrons. The van der Waals surface area contributed by atoms with Crippen molar-refractivity contribution in [2.24, 2.45) is 5.73 Å². The Morgan fingerprint density at radius 3 is 2.38 bits per heavy atom. The van der Waals surface area contributed by atoms with Crippen molar-refractivity contribution < 1.29 is 18.7 Å². The van der Waals surface area contributed by atoms with Gasteiger partial charge in [0.1, 0.15) is 6.29 Å². The van der Waals surface area contributed by atoms with Crippen LogP contribution in [0.4, 0.5) is 14.5 Å². The number of halogens is 2. The van der Waals surface area contributed by atoms with Crippen LogP contribution in [0.2, 0.25) is 0 Å². The molecule has 32 heavy (non-hydrogen) atoms. The molecule has 7 heteroatoms. The predicted octanol–water partition coefficient (Wildman–Crippen LogP) is 4.80. The highest BCUT2D eigenvalue weighted by Crippen LogP contribution is 2.50. The number of nitrogens with zero attached hydrogens (tertiary/aromatic N) is 1. The molecule has 2 aliphatic rings. The molecule has 2 aliphatic carbocycles. The lowest BCUT2D eigenvalue weighted by molar-refractivity contribution is -0.109. The van der Waals surface area contributed by atoms with Crippen LogP contribution in [-0.2, 0) is 10.2 Å². The molecule has 1 heterocycles. The van der Waals surface area contributed by atoms with Crippen molar-refractivity contribution >= 4 is 22.9 Å². The number of hydrogen-bond acceptors (Lipinski definition) is 5. The van der Waals surface area contributed by atoms with Crippen LogP contribution in [0.1, 0.15) is 44.1 Å². The van der Waals surface area contributed by atoms with Crippen molar-refractivity contribution in [1.82, 2.24) is 4.98 Å². The van der Waals surface area contributed by atoms with Crippen LogP contribution in [0.25, 0.3) is 22.0 Å². The fourth-order valence-electron chi connectivity index (χ4n) is 4.69. The van der Waals surface area contributed by atoms with E-state index in [2.05, 4.69) is 10.3 Å². The van der Waals surface area contributed by atoms with Gasteiger partial charge in [-0.2, -0.15) is 0 Å². The van der Waals surface area contributed by atoms with Gasteiger partial charge in [-0.15, -0.1) is 0 Å². The Morgan fingerprint density at radius 1 is 1.06 bits per heavy atom. The maximum atomic E-state index is 14.0. The monoisotopic (exact) mass is 437 g/mol. The number of hydrogen-bond donors (Lipinski definition) is 3. The molecule has 2 saturated carbocycles. The van der Waals surface area contributed by atoms with Gasteiger partial charge in [-0.3, -0.25) is 4.98 Å². The zero-order valence-corrected chi connectivity index (χ0v) is 17.6. The van der Waals surface area contributed by atoms with E-state index in [1.54, 1.807) is 18.3 Å². The van der Waals surface area contributed by atoms with E-state index >= 15 is 0 Å². The molecule has 5 rings (SSSR count). The first-order valence-corrected chi connectivity index (χ1v) is 11.0. The van der Waals surface area contributed by atoms with Gasteiger partial charge in [-0.1, -0.05) is 6.07 Å². The number of carbonyl (C=O) groups excluding carboxylic acids is 1. The van der Waals surface area contributed by atoms with Gasteiger partial charge in [0.15, 0.2) is 17.4 Å². The minimum Gasteiger partial charge on any atom is -0.503 e. The zero-order chi connectivity index (χ0) is 22.5. The van der Waals surface area contributed by atoms with Crippen LogP contribution in [0.5, 0.6) is 5.75 Å². The van der Waals surface area contributed by atoms with Gasteiger partial charge in [-0.05, 0) is 73.9 Å². The molecule has 2 aromatic carbocycles. The topological polar surface area (TPSA) is 88.2 Å². The molecule has 0 aliphatic heterocycles. The van der Waals surface area contributed by atoms with Gasteiger partial charge < -0.3 is 21.0 Å². The SMILES string of the molecule is NC1CCC(Nc2c(C3(C=O)CC3)cnc3ccc(-c4cc(F)c(O)c(F)c4)cc23)CC1. The van der Waals surface area contributed by atoms with Crippen molar-refractivity contribution in [3.05, 3.63) is 53.7 Å². The summed E-state index contributed by atoms with van der Waals surface area (Å²) in [5, 5.41) is 13.9. The molecule has 0 atom stereocenters. The second-order valence-electron chi connectivity index (χ2n) is 9.10. The number of nitrogens with two attached hydrogens (primary N) is 1. The van der Waals surface area contributed by atoms with E-state index in [1.165, 1.54) is 0 Å². The highest BCUT2D eigenvalue weighted by atomic mass is 19.1. The number of fused-ring (bicyclic) bond motifs is 1. The summed E-state index contributed by atoms with van der Waals surface area (Å²) < 4.78 is 27.9. The van der Waals surface area contributed by atoms with E-state index in [1.807, 2.05) is 6.07 Å². The lowest BCUT2D eigenvalue weighted by atomic mass is 9.89. The molecule has 0 spiro atoms. The maximum Gasteiger partial charge on any atom is 0.187 e. The number of pyridine rings is 1. The van der Waals surface area contributed by atoms with Gasteiger partial charge in [-0.25, -0.2) is 8.78 Å². The fourth-order valence-corrected chi connectivity index (χ4v) is 4.69. The molecule has 3 aromatic rings. The Bertz CT molecular complexity index is 1180. The van der Waals surface area contributed by atoms with E-state index in [0.717, 1.165) is 79.1 Å². The van der Waals surface area contributed by atoms with Gasteiger partial charge in [0.2, 0.25) is 0 Å². The van der Waals surface area contributed by atoms with Crippen LogP contribution < -0.4 is 11.1 Å². The summed E-state index contributed by atoms with van der Waals surface area (Å²) in [5.74, 6) is -3.01. The van der Waals surface area contributed by atoms with Crippen molar-refractivity contribution in [2.75, 3.05) is 5.32 Å². The number of aldehydes is 1. The summed E-state index contributed by atoms with van der Waals surface area (Å²) in [7, 11) is 0. The quantitative estimate of drug-likeness (QED) is 0.499.